The molecule has 0 aromatic carbocycles. The highest BCUT2D eigenvalue weighted by molar-refractivity contribution is 9.10. The van der Waals surface area contributed by atoms with Crippen LogP contribution in [0.3, 0.4) is 0 Å². The second kappa shape index (κ2) is 11.5. The summed E-state index contributed by atoms with van der Waals surface area (Å²) in [7, 11) is 0. The van der Waals surface area contributed by atoms with Crippen molar-refractivity contribution in [3.8, 4) is 12.3 Å². The highest BCUT2D eigenvalue weighted by atomic mass is 79.9. The molecule has 0 aliphatic rings. The summed E-state index contributed by atoms with van der Waals surface area (Å²) in [4.78, 5) is 8.05. The van der Waals surface area contributed by atoms with Crippen molar-refractivity contribution in [1.82, 2.24) is 4.98 Å². The Morgan fingerprint density at radius 3 is 3.00 bits per heavy atom. The standard InChI is InChI=1S/C15H16Br2N2O2/c1-2-15(11-18-5-4-16)21-7-3-6-20-12-13-8-14(17)10-19-9-13/h1,5,8-11H,3-4,6-7,12H2/b15-11+,18-5-. The number of hydrogen-bond acceptors (Lipinski definition) is 4. The lowest BCUT2D eigenvalue weighted by Gasteiger charge is -2.06. The van der Waals surface area contributed by atoms with Gasteiger partial charge in [0.05, 0.1) is 26.0 Å². The van der Waals surface area contributed by atoms with E-state index >= 15 is 0 Å². The van der Waals surface area contributed by atoms with E-state index in [0.29, 0.717) is 30.9 Å². The van der Waals surface area contributed by atoms with E-state index in [1.165, 1.54) is 6.20 Å². The molecular weight excluding hydrogens is 400 g/mol. The number of hydrogen-bond donors (Lipinski definition) is 0. The van der Waals surface area contributed by atoms with Crippen LogP contribution < -0.4 is 0 Å². The maximum Gasteiger partial charge on any atom is 0.188 e. The lowest BCUT2D eigenvalue weighted by Crippen LogP contribution is -2.01. The van der Waals surface area contributed by atoms with Crippen LogP contribution in [0.1, 0.15) is 12.0 Å². The molecule has 112 valence electrons. The van der Waals surface area contributed by atoms with Crippen molar-refractivity contribution in [2.24, 2.45) is 4.99 Å². The molecule has 1 heterocycles. The molecule has 0 radical (unpaired) electrons. The van der Waals surface area contributed by atoms with Gasteiger partial charge in [0.2, 0.25) is 0 Å². The molecule has 0 fully saturated rings. The predicted molar refractivity (Wildman–Crippen MR) is 91.4 cm³/mol. The first-order valence-electron chi connectivity index (χ1n) is 6.30. The van der Waals surface area contributed by atoms with E-state index in [-0.39, 0.29) is 0 Å². The van der Waals surface area contributed by atoms with Gasteiger partial charge >= 0.3 is 0 Å². The SMILES string of the molecule is C#C/C(=C\N=C/CBr)OCCCOCc1cncc(Br)c1. The molecule has 0 spiro atoms. The number of halogens is 2. The highest BCUT2D eigenvalue weighted by Crippen LogP contribution is 2.10. The first kappa shape index (κ1) is 17.9. The first-order valence-corrected chi connectivity index (χ1v) is 8.22. The number of alkyl halides is 1. The summed E-state index contributed by atoms with van der Waals surface area (Å²) in [5.41, 5.74) is 1.03. The Bertz CT molecular complexity index is 525. The Kier molecular flexibility index (Phi) is 9.79. The van der Waals surface area contributed by atoms with E-state index in [0.717, 1.165) is 16.5 Å². The van der Waals surface area contributed by atoms with Crippen LogP contribution in [-0.4, -0.2) is 29.7 Å². The molecule has 6 heteroatoms. The lowest BCUT2D eigenvalue weighted by atomic mass is 10.3. The molecule has 4 nitrogen and oxygen atoms in total. The summed E-state index contributed by atoms with van der Waals surface area (Å²) in [5, 5.41) is 0.680. The Labute approximate surface area is 141 Å². The first-order chi connectivity index (χ1) is 10.3. The molecular formula is C15H16Br2N2O2. The second-order valence-electron chi connectivity index (χ2n) is 3.89. The number of nitrogens with zero attached hydrogens (tertiary/aromatic N) is 2. The van der Waals surface area contributed by atoms with Crippen LogP contribution in [0.5, 0.6) is 0 Å². The van der Waals surface area contributed by atoms with Crippen LogP contribution in [0.2, 0.25) is 0 Å². The van der Waals surface area contributed by atoms with E-state index in [1.54, 1.807) is 18.6 Å². The zero-order valence-corrected chi connectivity index (χ0v) is 14.6. The molecule has 0 unspecified atom stereocenters. The zero-order chi connectivity index (χ0) is 15.3. The number of aliphatic imine (C=N–C) groups is 1. The molecule has 0 saturated heterocycles. The number of rotatable bonds is 9. The number of terminal acetylenes is 1. The Morgan fingerprint density at radius 1 is 1.43 bits per heavy atom. The summed E-state index contributed by atoms with van der Waals surface area (Å²) < 4.78 is 11.9. The third kappa shape index (κ3) is 8.66. The van der Waals surface area contributed by atoms with Gasteiger partial charge in [0.15, 0.2) is 5.76 Å². The molecule has 0 N–H and O–H groups in total. The van der Waals surface area contributed by atoms with Gasteiger partial charge < -0.3 is 9.47 Å². The van der Waals surface area contributed by atoms with E-state index in [9.17, 15) is 0 Å². The van der Waals surface area contributed by atoms with Crippen LogP contribution in [0, 0.1) is 12.3 Å². The van der Waals surface area contributed by atoms with Crippen LogP contribution >= 0.6 is 31.9 Å². The van der Waals surface area contributed by atoms with Gasteiger partial charge in [0.25, 0.3) is 0 Å². The van der Waals surface area contributed by atoms with Crippen LogP contribution in [-0.2, 0) is 16.1 Å². The molecule has 1 rings (SSSR count). The fourth-order valence-corrected chi connectivity index (χ4v) is 1.92. The van der Waals surface area contributed by atoms with Gasteiger partial charge in [0, 0.05) is 34.8 Å². The van der Waals surface area contributed by atoms with E-state index in [2.05, 4.69) is 47.8 Å². The van der Waals surface area contributed by atoms with Crippen molar-refractivity contribution in [1.29, 1.82) is 0 Å². The minimum atomic E-state index is 0.420. The molecule has 1 aromatic heterocycles. The molecule has 0 atom stereocenters. The molecule has 1 aromatic rings. The van der Waals surface area contributed by atoms with Crippen molar-refractivity contribution in [3.63, 3.8) is 0 Å². The number of allylic oxidation sites excluding steroid dienone is 1. The zero-order valence-electron chi connectivity index (χ0n) is 11.5. The number of pyridine rings is 1. The van der Waals surface area contributed by atoms with Gasteiger partial charge in [-0.25, -0.2) is 0 Å². The summed E-state index contributed by atoms with van der Waals surface area (Å²) in [5.74, 6) is 2.86. The molecule has 0 amide bonds. The van der Waals surface area contributed by atoms with Crippen molar-refractivity contribution in [2.75, 3.05) is 18.5 Å². The Hall–Kier alpha value is -1.16. The third-order valence-corrected chi connectivity index (χ3v) is 2.95. The van der Waals surface area contributed by atoms with Gasteiger partial charge in [-0.3, -0.25) is 9.98 Å². The molecule has 21 heavy (non-hydrogen) atoms. The van der Waals surface area contributed by atoms with Crippen LogP contribution in [0.15, 0.2) is 39.9 Å². The molecule has 0 bridgehead atoms. The second-order valence-corrected chi connectivity index (χ2v) is 5.45. The predicted octanol–water partition coefficient (Wildman–Crippen LogP) is 3.71. The Morgan fingerprint density at radius 2 is 2.29 bits per heavy atom. The third-order valence-electron chi connectivity index (χ3n) is 2.23. The van der Waals surface area contributed by atoms with Crippen LogP contribution in [0.25, 0.3) is 0 Å². The number of aromatic nitrogens is 1. The minimum absolute atomic E-state index is 0.420. The van der Waals surface area contributed by atoms with E-state index < -0.39 is 0 Å². The fraction of sp³-hybridized carbons (Fsp3) is 0.333. The van der Waals surface area contributed by atoms with E-state index in [1.807, 2.05) is 6.07 Å². The summed E-state index contributed by atoms with van der Waals surface area (Å²) >= 11 is 6.60. The maximum absolute atomic E-state index is 5.54. The van der Waals surface area contributed by atoms with E-state index in [4.69, 9.17) is 15.9 Å². The molecule has 0 aliphatic carbocycles. The fourth-order valence-electron chi connectivity index (χ4n) is 1.34. The summed E-state index contributed by atoms with van der Waals surface area (Å²) in [6.07, 6.45) is 12.8. The van der Waals surface area contributed by atoms with Gasteiger partial charge in [-0.2, -0.15) is 0 Å². The minimum Gasteiger partial charge on any atom is -0.484 e. The largest absolute Gasteiger partial charge is 0.484 e. The number of ether oxygens (including phenoxy) is 2. The smallest absolute Gasteiger partial charge is 0.188 e. The van der Waals surface area contributed by atoms with Crippen LogP contribution in [0.4, 0.5) is 0 Å². The lowest BCUT2D eigenvalue weighted by molar-refractivity contribution is 0.0977. The highest BCUT2D eigenvalue weighted by Gasteiger charge is 1.97. The molecule has 0 aliphatic heterocycles. The Balaban J connectivity index is 2.15. The summed E-state index contributed by atoms with van der Waals surface area (Å²) in [6.45, 7) is 1.62. The monoisotopic (exact) mass is 414 g/mol. The van der Waals surface area contributed by atoms with Crippen molar-refractivity contribution in [3.05, 3.63) is 40.5 Å². The maximum atomic E-state index is 5.54. The van der Waals surface area contributed by atoms with Gasteiger partial charge in [-0.05, 0) is 33.5 Å². The van der Waals surface area contributed by atoms with Crippen molar-refractivity contribution >= 4 is 38.1 Å². The quantitative estimate of drug-likeness (QED) is 0.203. The van der Waals surface area contributed by atoms with Crippen molar-refractivity contribution in [2.45, 2.75) is 13.0 Å². The topological polar surface area (TPSA) is 43.7 Å². The normalized spacial score (nSPS) is 11.6. The molecule has 0 saturated carbocycles. The van der Waals surface area contributed by atoms with Gasteiger partial charge in [-0.1, -0.05) is 15.9 Å². The summed E-state index contributed by atoms with van der Waals surface area (Å²) in [6, 6.07) is 1.98. The average Bonchev–Trinajstić information content (AvgIpc) is 2.49. The van der Waals surface area contributed by atoms with Crippen molar-refractivity contribution < 1.29 is 9.47 Å². The average molecular weight is 416 g/mol. The van der Waals surface area contributed by atoms with Gasteiger partial charge in [-0.15, -0.1) is 6.42 Å². The van der Waals surface area contributed by atoms with Gasteiger partial charge in [0.1, 0.15) is 0 Å².